The van der Waals surface area contributed by atoms with Crippen LogP contribution in [0.5, 0.6) is 5.75 Å². The molecule has 1 unspecified atom stereocenters. The van der Waals surface area contributed by atoms with Crippen LogP contribution < -0.4 is 5.73 Å². The van der Waals surface area contributed by atoms with Gasteiger partial charge in [0.25, 0.3) is 5.91 Å². The van der Waals surface area contributed by atoms with Crippen LogP contribution in [0.3, 0.4) is 0 Å². The summed E-state index contributed by atoms with van der Waals surface area (Å²) in [5.41, 5.74) is 6.80. The second-order valence-corrected chi connectivity index (χ2v) is 4.96. The molecule has 0 saturated heterocycles. The monoisotopic (exact) mass is 266 g/mol. The zero-order valence-electron chi connectivity index (χ0n) is 10.8. The highest BCUT2D eigenvalue weighted by Gasteiger charge is 2.19. The van der Waals surface area contributed by atoms with Crippen LogP contribution in [0, 0.1) is 6.92 Å². The van der Waals surface area contributed by atoms with Gasteiger partial charge in [0.1, 0.15) is 5.75 Å². The highest BCUT2D eigenvalue weighted by atomic mass is 32.1. The molecule has 0 bridgehead atoms. The molecule has 3 N–H and O–H groups in total. The minimum absolute atomic E-state index is 0.0526. The maximum Gasteiger partial charge on any atom is 0.254 e. The Labute approximate surface area is 112 Å². The SMILES string of the molecule is Cc1cc(O)ccc1C(=O)N(C)C(C)CC(N)=S. The summed E-state index contributed by atoms with van der Waals surface area (Å²) < 4.78 is 0. The van der Waals surface area contributed by atoms with Crippen molar-refractivity contribution in [2.24, 2.45) is 5.73 Å². The first-order chi connectivity index (χ1) is 8.32. The predicted octanol–water partition coefficient (Wildman–Crippen LogP) is 1.84. The quantitative estimate of drug-likeness (QED) is 0.816. The number of amides is 1. The van der Waals surface area contributed by atoms with Crippen LogP contribution >= 0.6 is 12.2 Å². The summed E-state index contributed by atoms with van der Waals surface area (Å²) in [4.78, 5) is 14.3. The van der Waals surface area contributed by atoms with E-state index in [1.807, 2.05) is 6.92 Å². The summed E-state index contributed by atoms with van der Waals surface area (Å²) in [6, 6.07) is 4.64. The average molecular weight is 266 g/mol. The fourth-order valence-electron chi connectivity index (χ4n) is 1.71. The molecule has 4 nitrogen and oxygen atoms in total. The smallest absolute Gasteiger partial charge is 0.254 e. The number of hydrogen-bond acceptors (Lipinski definition) is 3. The van der Waals surface area contributed by atoms with Gasteiger partial charge in [-0.3, -0.25) is 4.79 Å². The Morgan fingerprint density at radius 2 is 2.17 bits per heavy atom. The number of nitrogens with two attached hydrogens (primary N) is 1. The molecule has 1 atom stereocenters. The second kappa shape index (κ2) is 5.82. The Balaban J connectivity index is 2.89. The van der Waals surface area contributed by atoms with E-state index in [4.69, 9.17) is 18.0 Å². The van der Waals surface area contributed by atoms with Gasteiger partial charge >= 0.3 is 0 Å². The van der Waals surface area contributed by atoms with Gasteiger partial charge in [-0.2, -0.15) is 0 Å². The predicted molar refractivity (Wildman–Crippen MR) is 75.8 cm³/mol. The van der Waals surface area contributed by atoms with E-state index in [9.17, 15) is 9.90 Å². The third kappa shape index (κ3) is 3.43. The van der Waals surface area contributed by atoms with Crippen molar-refractivity contribution in [2.45, 2.75) is 26.3 Å². The molecule has 0 aliphatic carbocycles. The van der Waals surface area contributed by atoms with Crippen LogP contribution in [0.25, 0.3) is 0 Å². The molecule has 0 fully saturated rings. The van der Waals surface area contributed by atoms with Crippen molar-refractivity contribution >= 4 is 23.1 Å². The molecule has 1 amide bonds. The van der Waals surface area contributed by atoms with Gasteiger partial charge in [-0.25, -0.2) is 0 Å². The molecule has 0 aliphatic rings. The molecule has 0 aromatic heterocycles. The Hall–Kier alpha value is -1.62. The molecule has 1 rings (SSSR count). The van der Waals surface area contributed by atoms with Gasteiger partial charge in [-0.15, -0.1) is 0 Å². The lowest BCUT2D eigenvalue weighted by Gasteiger charge is -2.25. The molecule has 0 heterocycles. The number of phenols is 1. The van der Waals surface area contributed by atoms with Gasteiger partial charge in [0.05, 0.1) is 4.99 Å². The van der Waals surface area contributed by atoms with Crippen LogP contribution in [-0.2, 0) is 0 Å². The fourth-order valence-corrected chi connectivity index (χ4v) is 1.95. The number of phenolic OH excluding ortho intramolecular Hbond substituents is 1. The van der Waals surface area contributed by atoms with E-state index in [1.165, 1.54) is 6.07 Å². The number of rotatable bonds is 4. The van der Waals surface area contributed by atoms with Gasteiger partial charge in [0.2, 0.25) is 0 Å². The van der Waals surface area contributed by atoms with Crippen molar-refractivity contribution in [1.82, 2.24) is 4.90 Å². The number of benzene rings is 1. The van der Waals surface area contributed by atoms with Crippen LogP contribution in [0.15, 0.2) is 18.2 Å². The number of aromatic hydroxyl groups is 1. The Bertz CT molecular complexity index is 474. The Kier molecular flexibility index (Phi) is 4.67. The van der Waals surface area contributed by atoms with E-state index in [2.05, 4.69) is 0 Å². The van der Waals surface area contributed by atoms with Crippen LogP contribution in [0.2, 0.25) is 0 Å². The van der Waals surface area contributed by atoms with E-state index in [0.29, 0.717) is 17.0 Å². The number of hydrogen-bond donors (Lipinski definition) is 2. The van der Waals surface area contributed by atoms with Crippen LogP contribution in [0.4, 0.5) is 0 Å². The number of thiocarbonyl (C=S) groups is 1. The zero-order chi connectivity index (χ0) is 13.9. The maximum atomic E-state index is 12.3. The molecule has 1 aromatic rings. The van der Waals surface area contributed by atoms with Crippen molar-refractivity contribution in [3.05, 3.63) is 29.3 Å². The first kappa shape index (κ1) is 14.4. The highest BCUT2D eigenvalue weighted by molar-refractivity contribution is 7.80. The number of carbonyl (C=O) groups excluding carboxylic acids is 1. The van der Waals surface area contributed by atoms with E-state index in [0.717, 1.165) is 5.56 Å². The summed E-state index contributed by atoms with van der Waals surface area (Å²) >= 11 is 4.84. The van der Waals surface area contributed by atoms with E-state index in [1.54, 1.807) is 31.0 Å². The largest absolute Gasteiger partial charge is 0.508 e. The average Bonchev–Trinajstić information content (AvgIpc) is 2.26. The normalized spacial score (nSPS) is 11.9. The standard InChI is InChI=1S/C13H18N2O2S/c1-8-6-10(16)4-5-11(8)13(17)15(3)9(2)7-12(14)18/h4-6,9,16H,7H2,1-3H3,(H2,14,18). The number of nitrogens with zero attached hydrogens (tertiary/aromatic N) is 1. The molecular weight excluding hydrogens is 248 g/mol. The van der Waals surface area contributed by atoms with Gasteiger partial charge < -0.3 is 15.7 Å². The summed E-state index contributed by atoms with van der Waals surface area (Å²) in [6.07, 6.45) is 0.495. The topological polar surface area (TPSA) is 66.6 Å². The third-order valence-electron chi connectivity index (χ3n) is 2.92. The van der Waals surface area contributed by atoms with Crippen molar-refractivity contribution in [3.8, 4) is 5.75 Å². The Morgan fingerprint density at radius 3 is 2.67 bits per heavy atom. The van der Waals surface area contributed by atoms with Gasteiger partial charge in [-0.05, 0) is 37.6 Å². The molecule has 0 saturated carbocycles. The first-order valence-electron chi connectivity index (χ1n) is 5.68. The van der Waals surface area contributed by atoms with E-state index in [-0.39, 0.29) is 17.7 Å². The minimum Gasteiger partial charge on any atom is -0.508 e. The lowest BCUT2D eigenvalue weighted by atomic mass is 10.1. The molecule has 5 heteroatoms. The molecule has 0 spiro atoms. The molecule has 0 aliphatic heterocycles. The van der Waals surface area contributed by atoms with Crippen molar-refractivity contribution < 1.29 is 9.90 Å². The number of aryl methyl sites for hydroxylation is 1. The van der Waals surface area contributed by atoms with Crippen molar-refractivity contribution in [2.75, 3.05) is 7.05 Å². The summed E-state index contributed by atoms with van der Waals surface area (Å²) in [6.45, 7) is 3.69. The van der Waals surface area contributed by atoms with Gasteiger partial charge in [0.15, 0.2) is 0 Å². The molecule has 18 heavy (non-hydrogen) atoms. The molecular formula is C13H18N2O2S. The summed E-state index contributed by atoms with van der Waals surface area (Å²) in [5, 5.41) is 9.33. The van der Waals surface area contributed by atoms with Crippen LogP contribution in [0.1, 0.15) is 29.3 Å². The lowest BCUT2D eigenvalue weighted by Crippen LogP contribution is -2.37. The van der Waals surface area contributed by atoms with E-state index < -0.39 is 0 Å². The first-order valence-corrected chi connectivity index (χ1v) is 6.08. The van der Waals surface area contributed by atoms with Gasteiger partial charge in [-0.1, -0.05) is 12.2 Å². The minimum atomic E-state index is -0.101. The molecule has 0 radical (unpaired) electrons. The Morgan fingerprint density at radius 1 is 1.56 bits per heavy atom. The van der Waals surface area contributed by atoms with Crippen LogP contribution in [-0.4, -0.2) is 34.0 Å². The fraction of sp³-hybridized carbons (Fsp3) is 0.385. The molecule has 98 valence electrons. The number of carbonyl (C=O) groups is 1. The lowest BCUT2D eigenvalue weighted by molar-refractivity contribution is 0.0747. The zero-order valence-corrected chi connectivity index (χ0v) is 11.6. The van der Waals surface area contributed by atoms with Gasteiger partial charge in [0, 0.05) is 25.1 Å². The summed E-state index contributed by atoms with van der Waals surface area (Å²) in [7, 11) is 1.72. The summed E-state index contributed by atoms with van der Waals surface area (Å²) in [5.74, 6) is 0.0548. The second-order valence-electron chi connectivity index (χ2n) is 4.43. The maximum absolute atomic E-state index is 12.3. The van der Waals surface area contributed by atoms with Crippen molar-refractivity contribution in [1.29, 1.82) is 0 Å². The highest BCUT2D eigenvalue weighted by Crippen LogP contribution is 2.18. The third-order valence-corrected chi connectivity index (χ3v) is 3.09. The molecule has 1 aromatic carbocycles. The van der Waals surface area contributed by atoms with Crippen molar-refractivity contribution in [3.63, 3.8) is 0 Å². The van der Waals surface area contributed by atoms with E-state index >= 15 is 0 Å².